The van der Waals surface area contributed by atoms with Crippen molar-refractivity contribution < 1.29 is 0 Å². The summed E-state index contributed by atoms with van der Waals surface area (Å²) < 4.78 is 3.24. The molecule has 108 valence electrons. The van der Waals surface area contributed by atoms with Gasteiger partial charge in [-0.25, -0.2) is 0 Å². The van der Waals surface area contributed by atoms with E-state index in [1.165, 1.54) is 14.8 Å². The highest BCUT2D eigenvalue weighted by molar-refractivity contribution is 14.1. The summed E-state index contributed by atoms with van der Waals surface area (Å²) in [5.74, 6) is 0. The molecule has 2 aromatic rings. The summed E-state index contributed by atoms with van der Waals surface area (Å²) in [4.78, 5) is 0. The molecule has 1 aromatic carbocycles. The second kappa shape index (κ2) is 7.43. The Kier molecular flexibility index (Phi) is 5.86. The fraction of sp³-hybridized carbons (Fsp3) is 0.400. The van der Waals surface area contributed by atoms with Gasteiger partial charge in [0.1, 0.15) is 0 Å². The van der Waals surface area contributed by atoms with Gasteiger partial charge in [0.2, 0.25) is 0 Å². The average Bonchev–Trinajstić information content (AvgIpc) is 2.91. The molecule has 1 heterocycles. The molecule has 0 aliphatic rings. The lowest BCUT2D eigenvalue weighted by molar-refractivity contribution is 0.528. The standard InChI is InChI=1S/C15H19ClIN3/c1-3-8-18-15(14-7-9-19-20(14)4-2)12-10-11(16)5-6-13(12)17/h5-7,9-10,15,18H,3-4,8H2,1-2H3. The van der Waals surface area contributed by atoms with Crippen LogP contribution < -0.4 is 5.32 Å². The van der Waals surface area contributed by atoms with Crippen molar-refractivity contribution in [2.45, 2.75) is 32.9 Å². The van der Waals surface area contributed by atoms with Crippen molar-refractivity contribution in [2.24, 2.45) is 0 Å². The van der Waals surface area contributed by atoms with Crippen molar-refractivity contribution in [3.8, 4) is 0 Å². The average molecular weight is 404 g/mol. The zero-order chi connectivity index (χ0) is 14.5. The molecule has 2 rings (SSSR count). The van der Waals surface area contributed by atoms with E-state index in [9.17, 15) is 0 Å². The first-order valence-electron chi connectivity index (χ1n) is 6.87. The van der Waals surface area contributed by atoms with Crippen molar-refractivity contribution in [1.82, 2.24) is 15.1 Å². The van der Waals surface area contributed by atoms with Crippen LogP contribution in [-0.2, 0) is 6.54 Å². The zero-order valence-electron chi connectivity index (χ0n) is 11.7. The topological polar surface area (TPSA) is 29.9 Å². The van der Waals surface area contributed by atoms with Gasteiger partial charge in [0.15, 0.2) is 0 Å². The summed E-state index contributed by atoms with van der Waals surface area (Å²) in [6, 6.07) is 8.24. The number of hydrogen-bond acceptors (Lipinski definition) is 2. The first-order chi connectivity index (χ1) is 9.67. The largest absolute Gasteiger partial charge is 0.305 e. The van der Waals surface area contributed by atoms with Crippen LogP contribution in [0.3, 0.4) is 0 Å². The van der Waals surface area contributed by atoms with Gasteiger partial charge in [-0.3, -0.25) is 4.68 Å². The van der Waals surface area contributed by atoms with E-state index < -0.39 is 0 Å². The lowest BCUT2D eigenvalue weighted by Gasteiger charge is -2.21. The Labute approximate surface area is 138 Å². The fourth-order valence-corrected chi connectivity index (χ4v) is 3.08. The highest BCUT2D eigenvalue weighted by Crippen LogP contribution is 2.28. The molecule has 1 N–H and O–H groups in total. The van der Waals surface area contributed by atoms with Crippen LogP contribution in [0.15, 0.2) is 30.5 Å². The van der Waals surface area contributed by atoms with Gasteiger partial charge < -0.3 is 5.32 Å². The Morgan fingerprint density at radius 3 is 2.85 bits per heavy atom. The SMILES string of the molecule is CCCNC(c1cc(Cl)ccc1I)c1ccnn1CC. The minimum Gasteiger partial charge on any atom is -0.305 e. The summed E-state index contributed by atoms with van der Waals surface area (Å²) in [6.45, 7) is 6.10. The minimum absolute atomic E-state index is 0.128. The van der Waals surface area contributed by atoms with Gasteiger partial charge >= 0.3 is 0 Å². The third-order valence-corrected chi connectivity index (χ3v) is 4.43. The van der Waals surface area contributed by atoms with E-state index in [2.05, 4.69) is 59.0 Å². The number of nitrogens with zero attached hydrogens (tertiary/aromatic N) is 2. The molecule has 5 heteroatoms. The molecule has 0 aliphatic heterocycles. The van der Waals surface area contributed by atoms with E-state index in [0.29, 0.717) is 0 Å². The molecule has 0 amide bonds. The Hall–Kier alpha value is -0.590. The van der Waals surface area contributed by atoms with Crippen molar-refractivity contribution in [2.75, 3.05) is 6.54 Å². The van der Waals surface area contributed by atoms with Gasteiger partial charge in [0.25, 0.3) is 0 Å². The van der Waals surface area contributed by atoms with Crippen LogP contribution >= 0.6 is 34.2 Å². The van der Waals surface area contributed by atoms with Gasteiger partial charge in [-0.05, 0) is 72.3 Å². The van der Waals surface area contributed by atoms with Crippen LogP contribution in [0.25, 0.3) is 0 Å². The highest BCUT2D eigenvalue weighted by atomic mass is 127. The predicted molar refractivity (Wildman–Crippen MR) is 92.2 cm³/mol. The van der Waals surface area contributed by atoms with Gasteiger partial charge in [0.05, 0.1) is 11.7 Å². The number of aryl methyl sites for hydroxylation is 1. The van der Waals surface area contributed by atoms with E-state index in [1.54, 1.807) is 0 Å². The zero-order valence-corrected chi connectivity index (χ0v) is 14.6. The fourth-order valence-electron chi connectivity index (χ4n) is 2.25. The maximum Gasteiger partial charge on any atom is 0.0759 e. The quantitative estimate of drug-likeness (QED) is 0.731. The lowest BCUT2D eigenvalue weighted by Crippen LogP contribution is -2.26. The van der Waals surface area contributed by atoms with Crippen LogP contribution in [0.4, 0.5) is 0 Å². The number of halogens is 2. The number of nitrogens with one attached hydrogen (secondary N) is 1. The first-order valence-corrected chi connectivity index (χ1v) is 8.33. The molecule has 0 saturated carbocycles. The van der Waals surface area contributed by atoms with E-state index in [-0.39, 0.29) is 6.04 Å². The number of aromatic nitrogens is 2. The van der Waals surface area contributed by atoms with Crippen molar-refractivity contribution >= 4 is 34.2 Å². The Morgan fingerprint density at radius 1 is 1.35 bits per heavy atom. The number of benzene rings is 1. The normalized spacial score (nSPS) is 12.6. The summed E-state index contributed by atoms with van der Waals surface area (Å²) >= 11 is 8.54. The summed E-state index contributed by atoms with van der Waals surface area (Å²) in [7, 11) is 0. The number of rotatable bonds is 6. The molecule has 0 saturated heterocycles. The van der Waals surface area contributed by atoms with Crippen LogP contribution in [0, 0.1) is 3.57 Å². The van der Waals surface area contributed by atoms with Crippen LogP contribution in [0.1, 0.15) is 37.6 Å². The molecule has 0 fully saturated rings. The maximum atomic E-state index is 6.18. The molecule has 3 nitrogen and oxygen atoms in total. The predicted octanol–water partition coefficient (Wildman–Crippen LogP) is 4.25. The molecule has 20 heavy (non-hydrogen) atoms. The van der Waals surface area contributed by atoms with E-state index in [0.717, 1.165) is 24.5 Å². The van der Waals surface area contributed by atoms with E-state index in [4.69, 9.17) is 11.6 Å². The lowest BCUT2D eigenvalue weighted by atomic mass is 10.0. The van der Waals surface area contributed by atoms with Gasteiger partial charge in [-0.1, -0.05) is 18.5 Å². The molecule has 1 unspecified atom stereocenters. The molecule has 0 bridgehead atoms. The minimum atomic E-state index is 0.128. The monoisotopic (exact) mass is 403 g/mol. The van der Waals surface area contributed by atoms with Gasteiger partial charge in [-0.2, -0.15) is 5.10 Å². The van der Waals surface area contributed by atoms with Crippen LogP contribution in [0.2, 0.25) is 5.02 Å². The highest BCUT2D eigenvalue weighted by Gasteiger charge is 2.19. The Morgan fingerprint density at radius 2 is 2.15 bits per heavy atom. The smallest absolute Gasteiger partial charge is 0.0759 e. The summed E-state index contributed by atoms with van der Waals surface area (Å²) in [5, 5.41) is 8.76. The van der Waals surface area contributed by atoms with Crippen LogP contribution in [-0.4, -0.2) is 16.3 Å². The van der Waals surface area contributed by atoms with Crippen LogP contribution in [0.5, 0.6) is 0 Å². The summed E-state index contributed by atoms with van der Waals surface area (Å²) in [5.41, 5.74) is 2.39. The Bertz CT molecular complexity index is 568. The Balaban J connectivity index is 2.44. The van der Waals surface area contributed by atoms with Gasteiger partial charge in [0, 0.05) is 21.3 Å². The number of hydrogen-bond donors (Lipinski definition) is 1. The second-order valence-electron chi connectivity index (χ2n) is 4.62. The third kappa shape index (κ3) is 3.54. The van der Waals surface area contributed by atoms with Gasteiger partial charge in [-0.15, -0.1) is 0 Å². The molecular weight excluding hydrogens is 385 g/mol. The van der Waals surface area contributed by atoms with Crippen molar-refractivity contribution in [1.29, 1.82) is 0 Å². The first kappa shape index (κ1) is 15.8. The second-order valence-corrected chi connectivity index (χ2v) is 6.22. The third-order valence-electron chi connectivity index (χ3n) is 3.21. The molecule has 0 radical (unpaired) electrons. The van der Waals surface area contributed by atoms with Crippen molar-refractivity contribution in [3.05, 3.63) is 50.3 Å². The summed E-state index contributed by atoms with van der Waals surface area (Å²) in [6.07, 6.45) is 2.95. The maximum absolute atomic E-state index is 6.18. The van der Waals surface area contributed by atoms with E-state index >= 15 is 0 Å². The molecular formula is C15H19ClIN3. The van der Waals surface area contributed by atoms with Crippen molar-refractivity contribution in [3.63, 3.8) is 0 Å². The molecule has 0 spiro atoms. The molecule has 1 aromatic heterocycles. The van der Waals surface area contributed by atoms with E-state index in [1.807, 2.05) is 23.0 Å². The molecule has 1 atom stereocenters. The molecule has 0 aliphatic carbocycles.